The smallest absolute Gasteiger partial charge is 0.127 e. The standard InChI is InChI=1S/C17H20FNS/c1-2-16(19)17(14-10-6-7-11-15(14)18)20-12-13-8-4-3-5-9-13/h3-11,16-17H,2,12,19H2,1H3. The summed E-state index contributed by atoms with van der Waals surface area (Å²) < 4.78 is 14.0. The predicted molar refractivity (Wildman–Crippen MR) is 85.1 cm³/mol. The van der Waals surface area contributed by atoms with Gasteiger partial charge in [0, 0.05) is 22.6 Å². The van der Waals surface area contributed by atoms with Gasteiger partial charge in [-0.2, -0.15) is 0 Å². The second kappa shape index (κ2) is 7.46. The SMILES string of the molecule is CCC(N)C(SCc1ccccc1)c1ccccc1F. The van der Waals surface area contributed by atoms with Crippen molar-refractivity contribution in [3.63, 3.8) is 0 Å². The lowest BCUT2D eigenvalue weighted by atomic mass is 10.0. The Bertz CT molecular complexity index is 530. The fourth-order valence-corrected chi connectivity index (χ4v) is 3.50. The van der Waals surface area contributed by atoms with E-state index in [1.165, 1.54) is 11.6 Å². The van der Waals surface area contributed by atoms with Gasteiger partial charge in [-0.3, -0.25) is 0 Å². The lowest BCUT2D eigenvalue weighted by Gasteiger charge is -2.23. The maximum Gasteiger partial charge on any atom is 0.127 e. The molecule has 0 amide bonds. The minimum Gasteiger partial charge on any atom is -0.326 e. The van der Waals surface area contributed by atoms with Crippen molar-refractivity contribution in [2.75, 3.05) is 0 Å². The van der Waals surface area contributed by atoms with E-state index in [-0.39, 0.29) is 17.1 Å². The molecule has 0 aliphatic heterocycles. The molecule has 0 aliphatic rings. The van der Waals surface area contributed by atoms with Crippen molar-refractivity contribution >= 4 is 11.8 Å². The fourth-order valence-electron chi connectivity index (χ4n) is 2.12. The monoisotopic (exact) mass is 289 g/mol. The predicted octanol–water partition coefficient (Wildman–Crippen LogP) is 4.54. The second-order valence-electron chi connectivity index (χ2n) is 4.81. The van der Waals surface area contributed by atoms with Gasteiger partial charge in [0.25, 0.3) is 0 Å². The highest BCUT2D eigenvalue weighted by atomic mass is 32.2. The molecule has 2 N–H and O–H groups in total. The van der Waals surface area contributed by atoms with Crippen molar-refractivity contribution in [3.05, 3.63) is 71.5 Å². The summed E-state index contributed by atoms with van der Waals surface area (Å²) in [6.45, 7) is 2.04. The summed E-state index contributed by atoms with van der Waals surface area (Å²) in [5.74, 6) is 0.676. The largest absolute Gasteiger partial charge is 0.326 e. The Labute approximate surface area is 124 Å². The minimum atomic E-state index is -0.165. The molecule has 0 aliphatic carbocycles. The number of thioether (sulfide) groups is 1. The quantitative estimate of drug-likeness (QED) is 0.845. The van der Waals surface area contributed by atoms with Gasteiger partial charge >= 0.3 is 0 Å². The van der Waals surface area contributed by atoms with Crippen molar-refractivity contribution < 1.29 is 4.39 Å². The summed E-state index contributed by atoms with van der Waals surface area (Å²) in [5.41, 5.74) is 8.14. The number of hydrogen-bond acceptors (Lipinski definition) is 2. The molecule has 0 radical (unpaired) electrons. The van der Waals surface area contributed by atoms with E-state index in [0.29, 0.717) is 5.56 Å². The molecule has 0 saturated heterocycles. The number of rotatable bonds is 6. The van der Waals surface area contributed by atoms with Crippen molar-refractivity contribution in [1.82, 2.24) is 0 Å². The fraction of sp³-hybridized carbons (Fsp3) is 0.294. The van der Waals surface area contributed by atoms with Crippen LogP contribution >= 0.6 is 11.8 Å². The summed E-state index contributed by atoms with van der Waals surface area (Å²) in [4.78, 5) is 0. The van der Waals surface area contributed by atoms with E-state index in [1.807, 2.05) is 37.3 Å². The van der Waals surface area contributed by atoms with E-state index >= 15 is 0 Å². The summed E-state index contributed by atoms with van der Waals surface area (Å²) in [6.07, 6.45) is 0.834. The number of benzene rings is 2. The summed E-state index contributed by atoms with van der Waals surface area (Å²) in [5, 5.41) is -0.0126. The molecule has 2 aromatic carbocycles. The molecule has 0 aromatic heterocycles. The minimum absolute atomic E-state index is 0.0126. The van der Waals surface area contributed by atoms with E-state index in [1.54, 1.807) is 17.8 Å². The van der Waals surface area contributed by atoms with Crippen molar-refractivity contribution in [2.24, 2.45) is 5.73 Å². The highest BCUT2D eigenvalue weighted by Gasteiger charge is 2.21. The lowest BCUT2D eigenvalue weighted by Crippen LogP contribution is -2.26. The molecule has 0 saturated carbocycles. The maximum absolute atomic E-state index is 14.0. The molecule has 2 atom stereocenters. The molecule has 1 nitrogen and oxygen atoms in total. The van der Waals surface area contributed by atoms with Crippen LogP contribution in [-0.2, 0) is 5.75 Å². The van der Waals surface area contributed by atoms with Crippen LogP contribution in [0.5, 0.6) is 0 Å². The Morgan fingerprint density at radius 3 is 2.35 bits per heavy atom. The Balaban J connectivity index is 2.15. The van der Waals surface area contributed by atoms with Gasteiger partial charge in [-0.25, -0.2) is 4.39 Å². The summed E-state index contributed by atoms with van der Waals surface area (Å²) in [6, 6.07) is 17.1. The molecule has 106 valence electrons. The number of hydrogen-bond donors (Lipinski definition) is 1. The Hall–Kier alpha value is -1.32. The maximum atomic E-state index is 14.0. The van der Waals surface area contributed by atoms with Gasteiger partial charge in [0.1, 0.15) is 5.82 Å². The molecular formula is C17H20FNS. The normalized spacial score (nSPS) is 13.9. The summed E-state index contributed by atoms with van der Waals surface area (Å²) >= 11 is 1.71. The lowest BCUT2D eigenvalue weighted by molar-refractivity contribution is 0.572. The van der Waals surface area contributed by atoms with E-state index in [9.17, 15) is 4.39 Å². The Morgan fingerprint density at radius 1 is 1.05 bits per heavy atom. The third-order valence-electron chi connectivity index (χ3n) is 3.34. The van der Waals surface area contributed by atoms with Crippen LogP contribution in [-0.4, -0.2) is 6.04 Å². The van der Waals surface area contributed by atoms with E-state index < -0.39 is 0 Å². The molecule has 3 heteroatoms. The van der Waals surface area contributed by atoms with Crippen LogP contribution < -0.4 is 5.73 Å². The molecular weight excluding hydrogens is 269 g/mol. The first kappa shape index (κ1) is 15.1. The first-order valence-electron chi connectivity index (χ1n) is 6.88. The number of halogens is 1. The van der Waals surface area contributed by atoms with Crippen LogP contribution in [0.2, 0.25) is 0 Å². The van der Waals surface area contributed by atoms with Crippen molar-refractivity contribution in [2.45, 2.75) is 30.4 Å². The van der Waals surface area contributed by atoms with Crippen molar-refractivity contribution in [1.29, 1.82) is 0 Å². The molecule has 0 bridgehead atoms. The third kappa shape index (κ3) is 3.84. The molecule has 20 heavy (non-hydrogen) atoms. The van der Waals surface area contributed by atoms with Crippen LogP contribution in [0, 0.1) is 5.82 Å². The van der Waals surface area contributed by atoms with E-state index in [0.717, 1.165) is 12.2 Å². The highest BCUT2D eigenvalue weighted by molar-refractivity contribution is 7.98. The average Bonchev–Trinajstić information content (AvgIpc) is 2.50. The second-order valence-corrected chi connectivity index (χ2v) is 5.94. The molecule has 2 unspecified atom stereocenters. The van der Waals surface area contributed by atoms with Gasteiger partial charge in [0.15, 0.2) is 0 Å². The van der Waals surface area contributed by atoms with Gasteiger partial charge in [-0.15, -0.1) is 11.8 Å². The first-order chi connectivity index (χ1) is 9.72. The highest BCUT2D eigenvalue weighted by Crippen LogP contribution is 2.36. The topological polar surface area (TPSA) is 26.0 Å². The van der Waals surface area contributed by atoms with Gasteiger partial charge in [0.2, 0.25) is 0 Å². The zero-order valence-corrected chi connectivity index (χ0v) is 12.4. The van der Waals surface area contributed by atoms with Crippen molar-refractivity contribution in [3.8, 4) is 0 Å². The Kier molecular flexibility index (Phi) is 5.62. The van der Waals surface area contributed by atoms with Crippen LogP contribution in [0.25, 0.3) is 0 Å². The molecule has 0 spiro atoms. The van der Waals surface area contributed by atoms with E-state index in [4.69, 9.17) is 5.73 Å². The zero-order valence-electron chi connectivity index (χ0n) is 11.6. The molecule has 0 heterocycles. The van der Waals surface area contributed by atoms with Crippen LogP contribution in [0.4, 0.5) is 4.39 Å². The first-order valence-corrected chi connectivity index (χ1v) is 7.92. The van der Waals surface area contributed by atoms with E-state index in [2.05, 4.69) is 12.1 Å². The molecule has 2 aromatic rings. The average molecular weight is 289 g/mol. The number of nitrogens with two attached hydrogens (primary N) is 1. The molecule has 2 rings (SSSR count). The van der Waals surface area contributed by atoms with Gasteiger partial charge in [0.05, 0.1) is 0 Å². The summed E-state index contributed by atoms with van der Waals surface area (Å²) in [7, 11) is 0. The Morgan fingerprint density at radius 2 is 1.70 bits per heavy atom. The zero-order chi connectivity index (χ0) is 14.4. The molecule has 0 fully saturated rings. The van der Waals surface area contributed by atoms with Crippen LogP contribution in [0.15, 0.2) is 54.6 Å². The van der Waals surface area contributed by atoms with Gasteiger partial charge in [-0.1, -0.05) is 55.5 Å². The van der Waals surface area contributed by atoms with Gasteiger partial charge < -0.3 is 5.73 Å². The van der Waals surface area contributed by atoms with Crippen LogP contribution in [0.3, 0.4) is 0 Å². The third-order valence-corrected chi connectivity index (χ3v) is 4.81. The van der Waals surface area contributed by atoms with Crippen LogP contribution in [0.1, 0.15) is 29.7 Å². The van der Waals surface area contributed by atoms with Gasteiger partial charge in [-0.05, 0) is 18.1 Å².